The maximum absolute atomic E-state index is 14.1. The lowest BCUT2D eigenvalue weighted by Crippen LogP contribution is -2.33. The standard InChI is InChI=1S/C55H35FN2O/c56-37-26-28-39(29-27-37)58-50-23-11-8-19-45(50)46-34-40(31-33-51(46)58)57(38-16-5-2-6-17-38)41-30-32-44-43-18-7-9-21-47(43)55(49(44)35-41)48-22-10-12-24-52(48)59-53-25-13-20-42(54(53)55)36-14-3-1-4-15-36/h1-35H. The first-order valence-electron chi connectivity index (χ1n) is 20.0. The third-order valence-corrected chi connectivity index (χ3v) is 12.3. The summed E-state index contributed by atoms with van der Waals surface area (Å²) in [6.45, 7) is 0. The van der Waals surface area contributed by atoms with Crippen molar-refractivity contribution >= 4 is 38.9 Å². The van der Waals surface area contributed by atoms with Gasteiger partial charge in [0.2, 0.25) is 0 Å². The van der Waals surface area contributed by atoms with Crippen molar-refractivity contribution in [1.29, 1.82) is 0 Å². The topological polar surface area (TPSA) is 17.4 Å². The highest BCUT2D eigenvalue weighted by molar-refractivity contribution is 6.10. The van der Waals surface area contributed by atoms with Crippen molar-refractivity contribution in [3.05, 3.63) is 240 Å². The first kappa shape index (κ1) is 33.4. The quantitative estimate of drug-likeness (QED) is 0.174. The van der Waals surface area contributed by atoms with Crippen molar-refractivity contribution < 1.29 is 9.13 Å². The van der Waals surface area contributed by atoms with Crippen LogP contribution in [-0.4, -0.2) is 4.57 Å². The molecule has 1 unspecified atom stereocenters. The van der Waals surface area contributed by atoms with E-state index < -0.39 is 5.41 Å². The zero-order chi connectivity index (χ0) is 39.1. The van der Waals surface area contributed by atoms with E-state index in [1.54, 1.807) is 0 Å². The minimum absolute atomic E-state index is 0.251. The molecule has 2 heterocycles. The lowest BCUT2D eigenvalue weighted by atomic mass is 9.64. The summed E-state index contributed by atoms with van der Waals surface area (Å²) in [6.07, 6.45) is 0. The van der Waals surface area contributed by atoms with Gasteiger partial charge in [0.1, 0.15) is 17.3 Å². The van der Waals surface area contributed by atoms with Gasteiger partial charge < -0.3 is 14.2 Å². The monoisotopic (exact) mass is 758 g/mol. The molecule has 0 fully saturated rings. The number of rotatable bonds is 5. The third-order valence-electron chi connectivity index (χ3n) is 12.3. The van der Waals surface area contributed by atoms with E-state index in [1.165, 1.54) is 34.4 Å². The minimum Gasteiger partial charge on any atom is -0.457 e. The molecule has 10 aromatic rings. The smallest absolute Gasteiger partial charge is 0.132 e. The van der Waals surface area contributed by atoms with Gasteiger partial charge in [-0.15, -0.1) is 0 Å². The summed E-state index contributed by atoms with van der Waals surface area (Å²) < 4.78 is 23.2. The van der Waals surface area contributed by atoms with Gasteiger partial charge >= 0.3 is 0 Å². The molecular formula is C55H35FN2O. The number of aromatic nitrogens is 1. The number of hydrogen-bond donors (Lipinski definition) is 0. The van der Waals surface area contributed by atoms with Crippen LogP contribution >= 0.6 is 0 Å². The zero-order valence-electron chi connectivity index (χ0n) is 31.9. The summed E-state index contributed by atoms with van der Waals surface area (Å²) in [6, 6.07) is 74.2. The SMILES string of the molecule is Fc1ccc(-n2c3ccccc3c3cc(N(c4ccccc4)c4ccc5c(c4)C4(c6ccccc6Oc6cccc(-c7ccccc7)c64)c4ccccc4-5)ccc32)cc1. The minimum atomic E-state index is -0.673. The maximum Gasteiger partial charge on any atom is 0.132 e. The van der Waals surface area contributed by atoms with Crippen LogP contribution in [0.1, 0.15) is 22.3 Å². The van der Waals surface area contributed by atoms with Gasteiger partial charge in [-0.25, -0.2) is 4.39 Å². The summed E-state index contributed by atoms with van der Waals surface area (Å²) in [5, 5.41) is 2.25. The van der Waals surface area contributed by atoms with Crippen LogP contribution in [-0.2, 0) is 5.41 Å². The van der Waals surface area contributed by atoms with Crippen molar-refractivity contribution in [2.75, 3.05) is 4.90 Å². The largest absolute Gasteiger partial charge is 0.457 e. The number of para-hydroxylation sites is 3. The second-order valence-corrected chi connectivity index (χ2v) is 15.4. The first-order chi connectivity index (χ1) is 29.2. The Labute approximate surface area is 341 Å². The summed E-state index contributed by atoms with van der Waals surface area (Å²) >= 11 is 0. The molecular weight excluding hydrogens is 724 g/mol. The van der Waals surface area contributed by atoms with E-state index in [2.05, 4.69) is 198 Å². The van der Waals surface area contributed by atoms with Gasteiger partial charge in [0.25, 0.3) is 0 Å². The third kappa shape index (κ3) is 4.87. The molecule has 3 nitrogen and oxygen atoms in total. The van der Waals surface area contributed by atoms with Crippen LogP contribution in [0.4, 0.5) is 21.5 Å². The van der Waals surface area contributed by atoms with Crippen molar-refractivity contribution in [3.63, 3.8) is 0 Å². The number of nitrogens with zero attached hydrogens (tertiary/aromatic N) is 2. The fourth-order valence-electron chi connectivity index (χ4n) is 9.94. The van der Waals surface area contributed by atoms with E-state index in [0.29, 0.717) is 0 Å². The maximum atomic E-state index is 14.1. The average Bonchev–Trinajstić information content (AvgIpc) is 3.77. The van der Waals surface area contributed by atoms with E-state index in [0.717, 1.165) is 78.3 Å². The summed E-state index contributed by atoms with van der Waals surface area (Å²) in [7, 11) is 0. The predicted octanol–water partition coefficient (Wildman–Crippen LogP) is 14.5. The van der Waals surface area contributed by atoms with Crippen molar-refractivity contribution in [2.24, 2.45) is 0 Å². The van der Waals surface area contributed by atoms with Crippen LogP contribution < -0.4 is 9.64 Å². The van der Waals surface area contributed by atoms with E-state index in [9.17, 15) is 4.39 Å². The van der Waals surface area contributed by atoms with Gasteiger partial charge in [0, 0.05) is 44.6 Å². The second kappa shape index (κ2) is 12.9. The van der Waals surface area contributed by atoms with Crippen molar-refractivity contribution in [2.45, 2.75) is 5.41 Å². The molecule has 1 spiro atoms. The highest BCUT2D eigenvalue weighted by atomic mass is 19.1. The molecule has 59 heavy (non-hydrogen) atoms. The number of ether oxygens (including phenoxy) is 1. The van der Waals surface area contributed by atoms with Gasteiger partial charge in [-0.1, -0.05) is 127 Å². The molecule has 0 bridgehead atoms. The average molecular weight is 759 g/mol. The highest BCUT2D eigenvalue weighted by Crippen LogP contribution is 2.64. The van der Waals surface area contributed by atoms with Gasteiger partial charge in [-0.05, 0) is 118 Å². The highest BCUT2D eigenvalue weighted by Gasteiger charge is 2.52. The molecule has 4 heteroatoms. The van der Waals surface area contributed by atoms with Gasteiger partial charge in [0.05, 0.1) is 16.4 Å². The molecule has 0 saturated carbocycles. The molecule has 1 aliphatic heterocycles. The molecule has 0 saturated heterocycles. The number of halogens is 1. The Morgan fingerprint density at radius 3 is 1.90 bits per heavy atom. The molecule has 9 aromatic carbocycles. The Morgan fingerprint density at radius 1 is 0.424 bits per heavy atom. The Morgan fingerprint density at radius 2 is 1.05 bits per heavy atom. The Bertz CT molecular complexity index is 3260. The molecule has 278 valence electrons. The molecule has 0 amide bonds. The lowest BCUT2D eigenvalue weighted by Gasteiger charge is -2.41. The molecule has 0 radical (unpaired) electrons. The van der Waals surface area contributed by atoms with Crippen LogP contribution in [0.25, 0.3) is 49.7 Å². The lowest BCUT2D eigenvalue weighted by molar-refractivity contribution is 0.437. The Balaban J connectivity index is 1.13. The van der Waals surface area contributed by atoms with E-state index in [4.69, 9.17) is 4.74 Å². The van der Waals surface area contributed by atoms with Crippen LogP contribution in [0.2, 0.25) is 0 Å². The van der Waals surface area contributed by atoms with Gasteiger partial charge in [-0.3, -0.25) is 0 Å². The first-order valence-corrected chi connectivity index (χ1v) is 20.0. The number of benzene rings is 9. The van der Waals surface area contributed by atoms with Gasteiger partial charge in [0.15, 0.2) is 0 Å². The summed E-state index contributed by atoms with van der Waals surface area (Å²) in [5.74, 6) is 1.47. The fourth-order valence-corrected chi connectivity index (χ4v) is 9.94. The van der Waals surface area contributed by atoms with E-state index in [1.807, 2.05) is 12.1 Å². The summed E-state index contributed by atoms with van der Waals surface area (Å²) in [4.78, 5) is 2.37. The normalized spacial score (nSPS) is 14.7. The van der Waals surface area contributed by atoms with E-state index >= 15 is 0 Å². The van der Waals surface area contributed by atoms with Crippen LogP contribution in [0, 0.1) is 5.82 Å². The van der Waals surface area contributed by atoms with Crippen molar-refractivity contribution in [1.82, 2.24) is 4.57 Å². The number of hydrogen-bond acceptors (Lipinski definition) is 2. The second-order valence-electron chi connectivity index (χ2n) is 15.4. The number of anilines is 3. The van der Waals surface area contributed by atoms with Crippen molar-refractivity contribution in [3.8, 4) is 39.4 Å². The molecule has 1 aromatic heterocycles. The summed E-state index contributed by atoms with van der Waals surface area (Å²) in [5.41, 5.74) is 15.0. The molecule has 1 aliphatic carbocycles. The Hall–Kier alpha value is -7.69. The molecule has 1 atom stereocenters. The molecule has 0 N–H and O–H groups in total. The van der Waals surface area contributed by atoms with Crippen LogP contribution in [0.5, 0.6) is 11.5 Å². The van der Waals surface area contributed by atoms with Gasteiger partial charge in [-0.2, -0.15) is 0 Å². The van der Waals surface area contributed by atoms with E-state index in [-0.39, 0.29) is 5.82 Å². The zero-order valence-corrected chi connectivity index (χ0v) is 31.9. The number of fused-ring (bicyclic) bond motifs is 12. The van der Waals surface area contributed by atoms with Crippen LogP contribution in [0.15, 0.2) is 212 Å². The predicted molar refractivity (Wildman–Crippen MR) is 238 cm³/mol. The van der Waals surface area contributed by atoms with Crippen LogP contribution in [0.3, 0.4) is 0 Å². The fraction of sp³-hybridized carbons (Fsp3) is 0.0182. The molecule has 12 rings (SSSR count). The molecule has 2 aliphatic rings. The Kier molecular flexibility index (Phi) is 7.32.